The molecular weight excluding hydrogens is 434 g/mol. The van der Waals surface area contributed by atoms with E-state index in [-0.39, 0.29) is 17.2 Å². The fourth-order valence-corrected chi connectivity index (χ4v) is 4.74. The summed E-state index contributed by atoms with van der Waals surface area (Å²) in [5, 5.41) is 3.32. The van der Waals surface area contributed by atoms with Gasteiger partial charge in [-0.05, 0) is 42.6 Å². The number of H-pyrrole nitrogens is 2. The molecule has 3 heterocycles. The number of benzene rings is 2. The quantitative estimate of drug-likeness (QED) is 0.346. The normalized spacial score (nSPS) is 20.4. The molecular formula is C24H19F4N5. The van der Waals surface area contributed by atoms with Crippen LogP contribution in [0.5, 0.6) is 0 Å². The monoisotopic (exact) mass is 453 g/mol. The number of imidazole rings is 2. The average molecular weight is 453 g/mol. The number of aromatic amines is 2. The molecule has 1 fully saturated rings. The summed E-state index contributed by atoms with van der Waals surface area (Å²) in [6.07, 6.45) is 6.38. The van der Waals surface area contributed by atoms with E-state index >= 15 is 17.6 Å². The fourth-order valence-electron chi connectivity index (χ4n) is 4.74. The second kappa shape index (κ2) is 7.02. The Morgan fingerprint density at radius 1 is 0.848 bits per heavy atom. The van der Waals surface area contributed by atoms with Crippen LogP contribution in [0.2, 0.25) is 0 Å². The molecule has 5 nitrogen and oxygen atoms in total. The first-order valence-electron chi connectivity index (χ1n) is 10.7. The maximum Gasteiger partial charge on any atom is 0.340 e. The van der Waals surface area contributed by atoms with Gasteiger partial charge in [0.05, 0.1) is 36.2 Å². The molecule has 2 aliphatic rings. The Bertz CT molecular complexity index is 1340. The van der Waals surface area contributed by atoms with Crippen molar-refractivity contribution in [3.8, 4) is 33.6 Å². The van der Waals surface area contributed by atoms with Crippen LogP contribution in [0.4, 0.5) is 17.6 Å². The van der Waals surface area contributed by atoms with Crippen LogP contribution in [0.25, 0.3) is 33.6 Å². The van der Waals surface area contributed by atoms with Crippen molar-refractivity contribution in [2.24, 2.45) is 0 Å². The molecule has 6 rings (SSSR count). The summed E-state index contributed by atoms with van der Waals surface area (Å²) in [7, 11) is 0. The molecule has 1 saturated heterocycles. The number of nitrogens with zero attached hydrogens (tertiary/aromatic N) is 2. The predicted molar refractivity (Wildman–Crippen MR) is 115 cm³/mol. The molecule has 0 radical (unpaired) electrons. The standard InChI is InChI=1S/C24H19F4N5/c25-23(26)17-8-13(20-10-29-12-32-20)3-5-15(17)16-6-4-14(9-18(16)24(23,27)28)21-11-31-22(33-21)19-2-1-7-30-19/h3-6,8-12,19,30H,1-2,7H2,(H,29,32)(H,31,33). The smallest absolute Gasteiger partial charge is 0.340 e. The van der Waals surface area contributed by atoms with Crippen LogP contribution in [0.15, 0.2) is 55.1 Å². The number of rotatable bonds is 3. The molecule has 1 aliphatic heterocycles. The molecule has 2 aromatic carbocycles. The topological polar surface area (TPSA) is 69.4 Å². The third kappa shape index (κ3) is 2.95. The number of hydrogen-bond donors (Lipinski definition) is 3. The van der Waals surface area contributed by atoms with Crippen LogP contribution < -0.4 is 5.32 Å². The molecule has 0 saturated carbocycles. The average Bonchev–Trinajstić information content (AvgIpc) is 3.59. The SMILES string of the molecule is FC1(F)c2cc(-c3cnc[nH]3)ccc2-c2ccc(-c3cnc(C4CCCN4)[nH]3)cc2C1(F)F. The van der Waals surface area contributed by atoms with E-state index in [4.69, 9.17) is 0 Å². The lowest BCUT2D eigenvalue weighted by molar-refractivity contribution is -0.225. The van der Waals surface area contributed by atoms with E-state index < -0.39 is 23.0 Å². The zero-order chi connectivity index (χ0) is 22.8. The van der Waals surface area contributed by atoms with E-state index in [1.54, 1.807) is 18.3 Å². The van der Waals surface area contributed by atoms with E-state index in [0.717, 1.165) is 31.5 Å². The van der Waals surface area contributed by atoms with Crippen LogP contribution in [0.3, 0.4) is 0 Å². The lowest BCUT2D eigenvalue weighted by Crippen LogP contribution is -2.39. The number of halogens is 4. The van der Waals surface area contributed by atoms with Crippen molar-refractivity contribution < 1.29 is 17.6 Å². The van der Waals surface area contributed by atoms with Crippen molar-refractivity contribution in [2.75, 3.05) is 6.54 Å². The molecule has 0 bridgehead atoms. The Balaban J connectivity index is 1.46. The van der Waals surface area contributed by atoms with Gasteiger partial charge in [0.2, 0.25) is 0 Å². The molecule has 2 aromatic heterocycles. The first-order valence-corrected chi connectivity index (χ1v) is 10.7. The molecule has 1 atom stereocenters. The summed E-state index contributed by atoms with van der Waals surface area (Å²) in [6, 6.07) is 8.57. The van der Waals surface area contributed by atoms with Gasteiger partial charge in [-0.3, -0.25) is 0 Å². The summed E-state index contributed by atoms with van der Waals surface area (Å²) >= 11 is 0. The zero-order valence-electron chi connectivity index (χ0n) is 17.3. The molecule has 1 unspecified atom stereocenters. The number of hydrogen-bond acceptors (Lipinski definition) is 3. The molecule has 1 aliphatic carbocycles. The Labute approximate surface area is 186 Å². The predicted octanol–water partition coefficient (Wildman–Crippen LogP) is 5.76. The van der Waals surface area contributed by atoms with E-state index in [0.29, 0.717) is 28.3 Å². The number of fused-ring (bicyclic) bond motifs is 3. The molecule has 33 heavy (non-hydrogen) atoms. The summed E-state index contributed by atoms with van der Waals surface area (Å²) < 4.78 is 61.0. The third-order valence-corrected chi connectivity index (χ3v) is 6.51. The van der Waals surface area contributed by atoms with Crippen LogP contribution in [0, 0.1) is 0 Å². The Morgan fingerprint density at radius 2 is 1.52 bits per heavy atom. The van der Waals surface area contributed by atoms with Gasteiger partial charge >= 0.3 is 11.8 Å². The summed E-state index contributed by atoms with van der Waals surface area (Å²) in [5.74, 6) is -8.04. The maximum absolute atomic E-state index is 15.3. The number of alkyl halides is 4. The highest BCUT2D eigenvalue weighted by atomic mass is 19.3. The molecule has 0 amide bonds. The second-order valence-corrected chi connectivity index (χ2v) is 8.47. The van der Waals surface area contributed by atoms with Gasteiger partial charge in [-0.2, -0.15) is 17.6 Å². The minimum absolute atomic E-state index is 0.0816. The Kier molecular flexibility index (Phi) is 4.29. The van der Waals surface area contributed by atoms with Gasteiger partial charge in [-0.1, -0.05) is 24.3 Å². The molecule has 3 N–H and O–H groups in total. The van der Waals surface area contributed by atoms with Gasteiger partial charge in [-0.15, -0.1) is 0 Å². The maximum atomic E-state index is 15.3. The third-order valence-electron chi connectivity index (χ3n) is 6.51. The fraction of sp³-hybridized carbons (Fsp3) is 0.250. The van der Waals surface area contributed by atoms with E-state index in [1.165, 1.54) is 24.7 Å². The summed E-state index contributed by atoms with van der Waals surface area (Å²) in [4.78, 5) is 14.2. The van der Waals surface area contributed by atoms with Gasteiger partial charge in [0.1, 0.15) is 5.82 Å². The summed E-state index contributed by atoms with van der Waals surface area (Å²) in [5.41, 5.74) is 0.545. The lowest BCUT2D eigenvalue weighted by atomic mass is 9.79. The molecule has 4 aromatic rings. The van der Waals surface area contributed by atoms with Crippen molar-refractivity contribution in [1.29, 1.82) is 0 Å². The van der Waals surface area contributed by atoms with Crippen molar-refractivity contribution in [1.82, 2.24) is 25.3 Å². The highest BCUT2D eigenvalue weighted by Crippen LogP contribution is 2.58. The number of aromatic nitrogens is 4. The van der Waals surface area contributed by atoms with Crippen molar-refractivity contribution in [3.63, 3.8) is 0 Å². The van der Waals surface area contributed by atoms with Crippen LogP contribution >= 0.6 is 0 Å². The van der Waals surface area contributed by atoms with Crippen LogP contribution in [0.1, 0.15) is 35.8 Å². The van der Waals surface area contributed by atoms with Crippen LogP contribution in [-0.4, -0.2) is 26.5 Å². The van der Waals surface area contributed by atoms with Gasteiger partial charge in [0.15, 0.2) is 0 Å². The van der Waals surface area contributed by atoms with E-state index in [2.05, 4.69) is 25.3 Å². The largest absolute Gasteiger partial charge is 0.345 e. The second-order valence-electron chi connectivity index (χ2n) is 8.47. The Morgan fingerprint density at radius 3 is 2.09 bits per heavy atom. The first-order chi connectivity index (χ1) is 15.9. The van der Waals surface area contributed by atoms with E-state index in [9.17, 15) is 0 Å². The molecule has 168 valence electrons. The van der Waals surface area contributed by atoms with Crippen molar-refractivity contribution >= 4 is 0 Å². The minimum Gasteiger partial charge on any atom is -0.345 e. The highest BCUT2D eigenvalue weighted by Gasteiger charge is 2.62. The van der Waals surface area contributed by atoms with Gasteiger partial charge in [-0.25, -0.2) is 9.97 Å². The lowest BCUT2D eigenvalue weighted by Gasteiger charge is -2.35. The molecule has 9 heteroatoms. The van der Waals surface area contributed by atoms with Crippen LogP contribution in [-0.2, 0) is 11.8 Å². The Hall–Kier alpha value is -3.46. The van der Waals surface area contributed by atoms with E-state index in [1.807, 2.05) is 0 Å². The molecule has 0 spiro atoms. The summed E-state index contributed by atoms with van der Waals surface area (Å²) in [6.45, 7) is 0.891. The van der Waals surface area contributed by atoms with Gasteiger partial charge in [0, 0.05) is 22.3 Å². The van der Waals surface area contributed by atoms with Gasteiger partial charge in [0.25, 0.3) is 0 Å². The van der Waals surface area contributed by atoms with Gasteiger partial charge < -0.3 is 15.3 Å². The zero-order valence-corrected chi connectivity index (χ0v) is 17.3. The van der Waals surface area contributed by atoms with Crippen molar-refractivity contribution in [3.05, 3.63) is 72.1 Å². The van der Waals surface area contributed by atoms with Crippen molar-refractivity contribution in [2.45, 2.75) is 30.7 Å². The highest BCUT2D eigenvalue weighted by molar-refractivity contribution is 5.81. The first kappa shape index (κ1) is 20.2. The minimum atomic E-state index is -4.38. The number of nitrogens with one attached hydrogen (secondary N) is 3.